The van der Waals surface area contributed by atoms with Gasteiger partial charge in [0.2, 0.25) is 0 Å². The molecule has 0 amide bonds. The zero-order valence-corrected chi connectivity index (χ0v) is 8.14. The Morgan fingerprint density at radius 1 is 1.17 bits per heavy atom. The van der Waals surface area contributed by atoms with Crippen molar-refractivity contribution in [2.75, 3.05) is 13.2 Å². The van der Waals surface area contributed by atoms with E-state index in [1.165, 1.54) is 38.5 Å². The molecule has 2 fully saturated rings. The average molecular weight is 168 g/mol. The van der Waals surface area contributed by atoms with Crippen LogP contribution in [0, 0.1) is 11.3 Å². The summed E-state index contributed by atoms with van der Waals surface area (Å²) >= 11 is 0. The van der Waals surface area contributed by atoms with Gasteiger partial charge in [-0.05, 0) is 37.0 Å². The minimum atomic E-state index is 0.616. The molecule has 1 heterocycles. The van der Waals surface area contributed by atoms with Crippen LogP contribution in [0.2, 0.25) is 0 Å². The van der Waals surface area contributed by atoms with Gasteiger partial charge in [-0.15, -0.1) is 0 Å². The number of hydrogen-bond acceptors (Lipinski definition) is 1. The Labute approximate surface area is 75.5 Å². The standard InChI is InChI=1S/C11H20O/c1-10-3-6-11(7-4-10)5-2-8-12-9-11/h10H,2-9H2,1H3. The highest BCUT2D eigenvalue weighted by molar-refractivity contribution is 4.86. The molecule has 1 aliphatic carbocycles. The Morgan fingerprint density at radius 3 is 2.50 bits per heavy atom. The second kappa shape index (κ2) is 3.37. The van der Waals surface area contributed by atoms with Crippen LogP contribution in [0.25, 0.3) is 0 Å². The van der Waals surface area contributed by atoms with Crippen LogP contribution in [0.1, 0.15) is 45.4 Å². The maximum Gasteiger partial charge on any atom is 0.0522 e. The average Bonchev–Trinajstić information content (AvgIpc) is 2.13. The summed E-state index contributed by atoms with van der Waals surface area (Å²) < 4.78 is 5.60. The third-order valence-electron chi connectivity index (χ3n) is 3.74. The molecule has 70 valence electrons. The lowest BCUT2D eigenvalue weighted by molar-refractivity contribution is -0.0344. The number of ether oxygens (including phenoxy) is 1. The van der Waals surface area contributed by atoms with Crippen LogP contribution in [0.4, 0.5) is 0 Å². The lowest BCUT2D eigenvalue weighted by atomic mass is 9.68. The smallest absolute Gasteiger partial charge is 0.0522 e. The van der Waals surface area contributed by atoms with Crippen molar-refractivity contribution >= 4 is 0 Å². The van der Waals surface area contributed by atoms with E-state index in [1.807, 2.05) is 0 Å². The Hall–Kier alpha value is -0.0400. The highest BCUT2D eigenvalue weighted by atomic mass is 16.5. The summed E-state index contributed by atoms with van der Waals surface area (Å²) in [6.45, 7) is 4.45. The molecule has 1 saturated heterocycles. The van der Waals surface area contributed by atoms with Gasteiger partial charge in [-0.25, -0.2) is 0 Å². The monoisotopic (exact) mass is 168 g/mol. The van der Waals surface area contributed by atoms with E-state index < -0.39 is 0 Å². The van der Waals surface area contributed by atoms with Crippen LogP contribution in [0.5, 0.6) is 0 Å². The molecular weight excluding hydrogens is 148 g/mol. The minimum Gasteiger partial charge on any atom is -0.381 e. The Balaban J connectivity index is 1.92. The zero-order valence-electron chi connectivity index (χ0n) is 8.14. The lowest BCUT2D eigenvalue weighted by Crippen LogP contribution is -2.35. The zero-order chi connectivity index (χ0) is 8.44. The minimum absolute atomic E-state index is 0.616. The predicted octanol–water partition coefficient (Wildman–Crippen LogP) is 2.99. The van der Waals surface area contributed by atoms with Gasteiger partial charge in [0.15, 0.2) is 0 Å². The lowest BCUT2D eigenvalue weighted by Gasteiger charge is -2.41. The molecular formula is C11H20O. The molecule has 0 radical (unpaired) electrons. The van der Waals surface area contributed by atoms with E-state index in [0.717, 1.165) is 19.1 Å². The first-order valence-corrected chi connectivity index (χ1v) is 5.39. The van der Waals surface area contributed by atoms with Crippen LogP contribution in [-0.2, 0) is 4.74 Å². The first-order valence-electron chi connectivity index (χ1n) is 5.39. The molecule has 2 rings (SSSR count). The van der Waals surface area contributed by atoms with Crippen molar-refractivity contribution in [3.8, 4) is 0 Å². The highest BCUT2D eigenvalue weighted by Crippen LogP contribution is 2.44. The third kappa shape index (κ3) is 1.66. The molecule has 1 aliphatic heterocycles. The van der Waals surface area contributed by atoms with Crippen molar-refractivity contribution in [2.24, 2.45) is 11.3 Å². The topological polar surface area (TPSA) is 9.23 Å². The Morgan fingerprint density at radius 2 is 1.92 bits per heavy atom. The van der Waals surface area contributed by atoms with Gasteiger partial charge < -0.3 is 4.74 Å². The van der Waals surface area contributed by atoms with E-state index in [1.54, 1.807) is 0 Å². The second-order valence-corrected chi connectivity index (χ2v) is 4.84. The summed E-state index contributed by atoms with van der Waals surface area (Å²) in [6.07, 6.45) is 8.45. The number of hydrogen-bond donors (Lipinski definition) is 0. The molecule has 0 unspecified atom stereocenters. The first-order chi connectivity index (χ1) is 5.81. The molecule has 0 bridgehead atoms. The summed E-state index contributed by atoms with van der Waals surface area (Å²) in [5.74, 6) is 0.970. The molecule has 1 nitrogen and oxygen atoms in total. The quantitative estimate of drug-likeness (QED) is 0.540. The van der Waals surface area contributed by atoms with E-state index in [9.17, 15) is 0 Å². The van der Waals surface area contributed by atoms with Crippen molar-refractivity contribution in [3.05, 3.63) is 0 Å². The van der Waals surface area contributed by atoms with Crippen molar-refractivity contribution in [2.45, 2.75) is 45.4 Å². The molecule has 0 aromatic rings. The van der Waals surface area contributed by atoms with Gasteiger partial charge in [-0.3, -0.25) is 0 Å². The molecule has 1 spiro atoms. The summed E-state index contributed by atoms with van der Waals surface area (Å²) in [5.41, 5.74) is 0.616. The molecule has 0 aromatic carbocycles. The van der Waals surface area contributed by atoms with Crippen LogP contribution < -0.4 is 0 Å². The van der Waals surface area contributed by atoms with Gasteiger partial charge in [0, 0.05) is 6.61 Å². The molecule has 0 aromatic heterocycles. The van der Waals surface area contributed by atoms with E-state index in [2.05, 4.69) is 6.92 Å². The maximum absolute atomic E-state index is 5.60. The predicted molar refractivity (Wildman–Crippen MR) is 50.1 cm³/mol. The largest absolute Gasteiger partial charge is 0.381 e. The van der Waals surface area contributed by atoms with Crippen molar-refractivity contribution < 1.29 is 4.74 Å². The fourth-order valence-electron chi connectivity index (χ4n) is 2.68. The SMILES string of the molecule is CC1CCC2(CCCOC2)CC1. The Bertz CT molecular complexity index is 137. The molecule has 2 aliphatic rings. The maximum atomic E-state index is 5.60. The summed E-state index contributed by atoms with van der Waals surface area (Å²) in [6, 6.07) is 0. The van der Waals surface area contributed by atoms with Gasteiger partial charge in [0.1, 0.15) is 0 Å². The highest BCUT2D eigenvalue weighted by Gasteiger charge is 2.35. The Kier molecular flexibility index (Phi) is 2.40. The number of rotatable bonds is 0. The molecule has 0 N–H and O–H groups in total. The van der Waals surface area contributed by atoms with Gasteiger partial charge in [0.05, 0.1) is 6.61 Å². The third-order valence-corrected chi connectivity index (χ3v) is 3.74. The fourth-order valence-corrected chi connectivity index (χ4v) is 2.68. The van der Waals surface area contributed by atoms with Crippen LogP contribution in [-0.4, -0.2) is 13.2 Å². The van der Waals surface area contributed by atoms with Crippen molar-refractivity contribution in [1.29, 1.82) is 0 Å². The molecule has 12 heavy (non-hydrogen) atoms. The van der Waals surface area contributed by atoms with E-state index >= 15 is 0 Å². The van der Waals surface area contributed by atoms with Crippen LogP contribution in [0.15, 0.2) is 0 Å². The van der Waals surface area contributed by atoms with E-state index in [-0.39, 0.29) is 0 Å². The molecule has 1 heteroatoms. The summed E-state index contributed by atoms with van der Waals surface area (Å²) in [5, 5.41) is 0. The second-order valence-electron chi connectivity index (χ2n) is 4.84. The van der Waals surface area contributed by atoms with Gasteiger partial charge in [-0.2, -0.15) is 0 Å². The van der Waals surface area contributed by atoms with Crippen LogP contribution >= 0.6 is 0 Å². The van der Waals surface area contributed by atoms with E-state index in [4.69, 9.17) is 4.74 Å². The summed E-state index contributed by atoms with van der Waals surface area (Å²) in [4.78, 5) is 0. The normalized spacial score (nSPS) is 43.2. The van der Waals surface area contributed by atoms with E-state index in [0.29, 0.717) is 5.41 Å². The molecule has 0 atom stereocenters. The van der Waals surface area contributed by atoms with Crippen molar-refractivity contribution in [1.82, 2.24) is 0 Å². The van der Waals surface area contributed by atoms with Gasteiger partial charge in [-0.1, -0.05) is 19.8 Å². The van der Waals surface area contributed by atoms with Crippen molar-refractivity contribution in [3.63, 3.8) is 0 Å². The fraction of sp³-hybridized carbons (Fsp3) is 1.00. The van der Waals surface area contributed by atoms with Crippen LogP contribution in [0.3, 0.4) is 0 Å². The molecule has 1 saturated carbocycles. The first kappa shape index (κ1) is 8.55. The summed E-state index contributed by atoms with van der Waals surface area (Å²) in [7, 11) is 0. The van der Waals surface area contributed by atoms with Gasteiger partial charge in [0.25, 0.3) is 0 Å². The van der Waals surface area contributed by atoms with Gasteiger partial charge >= 0.3 is 0 Å².